The van der Waals surface area contributed by atoms with Crippen molar-refractivity contribution in [3.63, 3.8) is 0 Å². The number of aliphatic imine (C=N–C) groups is 1. The molecule has 2 heteroatoms. The highest BCUT2D eigenvalue weighted by Crippen LogP contribution is 2.55. The Hall–Kier alpha value is 0.100. The highest BCUT2D eigenvalue weighted by Gasteiger charge is 2.29. The van der Waals surface area contributed by atoms with E-state index in [9.17, 15) is 0 Å². The van der Waals surface area contributed by atoms with Gasteiger partial charge in [-0.3, -0.25) is 0 Å². The molecule has 17 heavy (non-hydrogen) atoms. The Bertz CT molecular complexity index is 209. The third-order valence-corrected chi connectivity index (χ3v) is 8.06. The van der Waals surface area contributed by atoms with Crippen LogP contribution in [-0.4, -0.2) is 30.7 Å². The first-order valence-corrected chi connectivity index (χ1v) is 9.24. The highest BCUT2D eigenvalue weighted by atomic mass is 31.1. The maximum Gasteiger partial charge on any atom is 0.0273 e. The van der Waals surface area contributed by atoms with E-state index >= 15 is 0 Å². The summed E-state index contributed by atoms with van der Waals surface area (Å²) in [5.41, 5.74) is 2.17. The van der Waals surface area contributed by atoms with Gasteiger partial charge in [0.15, 0.2) is 0 Å². The van der Waals surface area contributed by atoms with Crippen molar-refractivity contribution in [2.75, 3.05) is 13.2 Å². The normalized spacial score (nSPS) is 24.8. The summed E-state index contributed by atoms with van der Waals surface area (Å²) in [5, 5.41) is 0. The van der Waals surface area contributed by atoms with E-state index in [1.165, 1.54) is 70.4 Å². The van der Waals surface area contributed by atoms with Crippen LogP contribution in [0.2, 0.25) is 0 Å². The number of rotatable bonds is 4. The summed E-state index contributed by atoms with van der Waals surface area (Å²) in [4.78, 5) is 4.26. The molecule has 2 saturated carbocycles. The Morgan fingerprint density at radius 3 is 1.76 bits per heavy atom. The maximum atomic E-state index is 4.26. The van der Waals surface area contributed by atoms with E-state index in [2.05, 4.69) is 11.2 Å². The molecule has 0 aromatic carbocycles. The molecule has 0 bridgehead atoms. The molecule has 2 rings (SSSR count). The molecule has 0 amide bonds. The van der Waals surface area contributed by atoms with Gasteiger partial charge in [0.1, 0.15) is 0 Å². The van der Waals surface area contributed by atoms with Crippen LogP contribution in [-0.2, 0) is 0 Å². The lowest BCUT2D eigenvalue weighted by molar-refractivity contribution is 0.485. The van der Waals surface area contributed by atoms with Crippen molar-refractivity contribution in [3.8, 4) is 0 Å². The van der Waals surface area contributed by atoms with Crippen LogP contribution in [0.3, 0.4) is 0 Å². The fraction of sp³-hybridized carbons (Fsp3) is 0.933. The van der Waals surface area contributed by atoms with E-state index in [0.717, 1.165) is 11.3 Å². The fourth-order valence-electron chi connectivity index (χ4n) is 3.60. The van der Waals surface area contributed by atoms with Crippen LogP contribution in [0, 0.1) is 0 Å². The predicted octanol–water partition coefficient (Wildman–Crippen LogP) is 4.83. The minimum absolute atomic E-state index is 0.248. The molecule has 0 unspecified atom stereocenters. The standard InChI is InChI=1S/C15H28NP/c1-16-12-13-17(14-8-4-2-5-9-14)15-10-6-3-7-11-15/h12,14-15H,2-11,13H2,1H3. The maximum absolute atomic E-state index is 4.26. The van der Waals surface area contributed by atoms with Crippen LogP contribution in [0.5, 0.6) is 0 Å². The fourth-order valence-corrected chi connectivity index (χ4v) is 7.20. The molecule has 0 N–H and O–H groups in total. The van der Waals surface area contributed by atoms with Crippen LogP contribution in [0.4, 0.5) is 0 Å². The average molecular weight is 253 g/mol. The largest absolute Gasteiger partial charge is 0.300 e. The second kappa shape index (κ2) is 7.52. The zero-order valence-electron chi connectivity index (χ0n) is 11.4. The van der Waals surface area contributed by atoms with Crippen LogP contribution in [0.15, 0.2) is 4.99 Å². The quantitative estimate of drug-likeness (QED) is 0.502. The lowest BCUT2D eigenvalue weighted by atomic mass is 9.99. The van der Waals surface area contributed by atoms with Gasteiger partial charge in [-0.25, -0.2) is 0 Å². The van der Waals surface area contributed by atoms with E-state index in [1.54, 1.807) is 0 Å². The van der Waals surface area contributed by atoms with Gasteiger partial charge in [0.05, 0.1) is 0 Å². The lowest BCUT2D eigenvalue weighted by Crippen LogP contribution is -2.22. The van der Waals surface area contributed by atoms with Crippen molar-refractivity contribution in [1.29, 1.82) is 0 Å². The second-order valence-electron chi connectivity index (χ2n) is 5.72. The molecule has 2 fully saturated rings. The van der Waals surface area contributed by atoms with Crippen molar-refractivity contribution in [2.24, 2.45) is 4.99 Å². The first-order chi connectivity index (χ1) is 8.42. The third-order valence-electron chi connectivity index (χ3n) is 4.56. The SMILES string of the molecule is CN=CCP(C1CCCCC1)C1CCCCC1. The molecule has 0 heterocycles. The summed E-state index contributed by atoms with van der Waals surface area (Å²) in [6, 6.07) is 0. The molecule has 2 aliphatic rings. The molecule has 0 saturated heterocycles. The Labute approximate surface area is 108 Å². The first-order valence-electron chi connectivity index (χ1n) is 7.58. The molecule has 0 atom stereocenters. The molecule has 98 valence electrons. The molecule has 0 aliphatic heterocycles. The highest BCUT2D eigenvalue weighted by molar-refractivity contribution is 7.60. The minimum atomic E-state index is 0.248. The van der Waals surface area contributed by atoms with Crippen LogP contribution in [0.25, 0.3) is 0 Å². The third kappa shape index (κ3) is 4.05. The zero-order chi connectivity index (χ0) is 11.9. The van der Waals surface area contributed by atoms with E-state index in [1.807, 2.05) is 7.05 Å². The number of nitrogens with zero attached hydrogens (tertiary/aromatic N) is 1. The number of hydrogen-bond donors (Lipinski definition) is 0. The Morgan fingerprint density at radius 2 is 1.35 bits per heavy atom. The summed E-state index contributed by atoms with van der Waals surface area (Å²) in [7, 11) is 2.19. The summed E-state index contributed by atoms with van der Waals surface area (Å²) in [6.45, 7) is 0. The molecule has 0 aromatic rings. The minimum Gasteiger partial charge on any atom is -0.300 e. The monoisotopic (exact) mass is 253 g/mol. The molecule has 1 nitrogen and oxygen atoms in total. The Kier molecular flexibility index (Phi) is 5.98. The zero-order valence-corrected chi connectivity index (χ0v) is 12.3. The van der Waals surface area contributed by atoms with Gasteiger partial charge in [-0.1, -0.05) is 46.4 Å². The van der Waals surface area contributed by atoms with Crippen LogP contribution >= 0.6 is 7.92 Å². The molecule has 0 aromatic heterocycles. The van der Waals surface area contributed by atoms with Crippen molar-refractivity contribution in [2.45, 2.75) is 75.5 Å². The predicted molar refractivity (Wildman–Crippen MR) is 79.9 cm³/mol. The molecule has 0 radical (unpaired) electrons. The molecular formula is C15H28NP. The van der Waals surface area contributed by atoms with Gasteiger partial charge in [-0.2, -0.15) is 0 Å². The van der Waals surface area contributed by atoms with Gasteiger partial charge in [-0.15, -0.1) is 0 Å². The van der Waals surface area contributed by atoms with E-state index in [0.29, 0.717) is 0 Å². The summed E-state index contributed by atoms with van der Waals surface area (Å²) < 4.78 is 0. The summed E-state index contributed by atoms with van der Waals surface area (Å²) >= 11 is 0. The van der Waals surface area contributed by atoms with Crippen LogP contribution in [0.1, 0.15) is 64.2 Å². The van der Waals surface area contributed by atoms with Gasteiger partial charge in [-0.05, 0) is 37.0 Å². The Balaban J connectivity index is 1.94. The van der Waals surface area contributed by atoms with Crippen molar-refractivity contribution in [1.82, 2.24) is 0 Å². The smallest absolute Gasteiger partial charge is 0.0273 e. The molecule has 2 aliphatic carbocycles. The second-order valence-corrected chi connectivity index (χ2v) is 8.58. The first kappa shape index (κ1) is 13.5. The lowest BCUT2D eigenvalue weighted by Gasteiger charge is -2.37. The van der Waals surface area contributed by atoms with Crippen molar-refractivity contribution >= 4 is 14.1 Å². The molecule has 0 spiro atoms. The van der Waals surface area contributed by atoms with Gasteiger partial charge in [0.25, 0.3) is 0 Å². The van der Waals surface area contributed by atoms with Gasteiger partial charge < -0.3 is 4.99 Å². The van der Waals surface area contributed by atoms with Crippen LogP contribution < -0.4 is 0 Å². The van der Waals surface area contributed by atoms with E-state index in [-0.39, 0.29) is 7.92 Å². The summed E-state index contributed by atoms with van der Waals surface area (Å²) in [6.07, 6.45) is 18.6. The van der Waals surface area contributed by atoms with E-state index < -0.39 is 0 Å². The van der Waals surface area contributed by atoms with Gasteiger partial charge in [0.2, 0.25) is 0 Å². The average Bonchev–Trinajstić information content (AvgIpc) is 2.42. The Morgan fingerprint density at radius 1 is 0.882 bits per heavy atom. The van der Waals surface area contributed by atoms with Gasteiger partial charge >= 0.3 is 0 Å². The summed E-state index contributed by atoms with van der Waals surface area (Å²) in [5.74, 6) is 0. The van der Waals surface area contributed by atoms with Crippen molar-refractivity contribution in [3.05, 3.63) is 0 Å². The number of hydrogen-bond acceptors (Lipinski definition) is 1. The molecular weight excluding hydrogens is 225 g/mol. The van der Waals surface area contributed by atoms with Gasteiger partial charge in [0, 0.05) is 19.4 Å². The van der Waals surface area contributed by atoms with E-state index in [4.69, 9.17) is 0 Å². The van der Waals surface area contributed by atoms with Crippen molar-refractivity contribution < 1.29 is 0 Å². The topological polar surface area (TPSA) is 12.4 Å².